The zero-order chi connectivity index (χ0) is 34.3. The summed E-state index contributed by atoms with van der Waals surface area (Å²) in [6, 6.07) is 45.2. The molecule has 1 fully saturated rings. The largest absolute Gasteiger partial charge is 0.385 e. The number of hydrogen-bond donors (Lipinski definition) is 0. The number of carbonyl (C=O) groups is 2. The quantitative estimate of drug-likeness (QED) is 0.138. The molecule has 5 aromatic carbocycles. The molecule has 0 saturated carbocycles. The van der Waals surface area contributed by atoms with Crippen molar-refractivity contribution in [3.8, 4) is 0 Å². The molecule has 0 N–H and O–H groups in total. The normalized spacial score (nSPS) is 14.9. The van der Waals surface area contributed by atoms with Gasteiger partial charge in [0.15, 0.2) is 0 Å². The summed E-state index contributed by atoms with van der Waals surface area (Å²) in [5, 5.41) is 1.99. The molecule has 7 rings (SSSR count). The molecule has 0 radical (unpaired) electrons. The minimum atomic E-state index is -0.656. The zero-order valence-corrected chi connectivity index (χ0v) is 28.4. The topological polar surface area (TPSA) is 67.7 Å². The van der Waals surface area contributed by atoms with Gasteiger partial charge in [0.25, 0.3) is 5.91 Å². The van der Waals surface area contributed by atoms with Crippen LogP contribution in [0.3, 0.4) is 0 Å². The molecule has 1 saturated heterocycles. The van der Waals surface area contributed by atoms with Crippen molar-refractivity contribution in [2.24, 2.45) is 0 Å². The van der Waals surface area contributed by atoms with Crippen LogP contribution in [0.15, 0.2) is 146 Å². The Balaban J connectivity index is 1.11. The average Bonchev–Trinajstić information content (AvgIpc) is 3.66. The molecule has 0 aliphatic carbocycles. The monoisotopic (exact) mass is 662 g/mol. The van der Waals surface area contributed by atoms with Crippen molar-refractivity contribution in [2.75, 3.05) is 33.4 Å². The van der Waals surface area contributed by atoms with E-state index in [2.05, 4.69) is 83.6 Å². The number of ether oxygens (including phenoxy) is 1. The highest BCUT2D eigenvalue weighted by Gasteiger charge is 2.38. The van der Waals surface area contributed by atoms with Crippen LogP contribution in [-0.4, -0.2) is 70.6 Å². The third-order valence-corrected chi connectivity index (χ3v) is 9.96. The summed E-state index contributed by atoms with van der Waals surface area (Å²) in [5.41, 5.74) is 4.25. The molecule has 1 atom stereocenters. The molecule has 2 amide bonds. The lowest BCUT2D eigenvalue weighted by Gasteiger charge is -2.41. The van der Waals surface area contributed by atoms with Crippen LogP contribution in [0.2, 0.25) is 0 Å². The van der Waals surface area contributed by atoms with Gasteiger partial charge < -0.3 is 19.1 Å². The summed E-state index contributed by atoms with van der Waals surface area (Å²) < 4.78 is 7.62. The van der Waals surface area contributed by atoms with Crippen molar-refractivity contribution in [3.05, 3.63) is 174 Å². The molecule has 2 heterocycles. The third kappa shape index (κ3) is 6.44. The number of piperazine rings is 1. The number of imidazole rings is 1. The van der Waals surface area contributed by atoms with Crippen molar-refractivity contribution in [3.63, 3.8) is 0 Å². The number of hydrogen-bond acceptors (Lipinski definition) is 4. The van der Waals surface area contributed by atoms with Crippen molar-refractivity contribution in [1.29, 1.82) is 0 Å². The summed E-state index contributed by atoms with van der Waals surface area (Å²) in [4.78, 5) is 36.4. The van der Waals surface area contributed by atoms with Crippen LogP contribution in [0, 0.1) is 0 Å². The fourth-order valence-electron chi connectivity index (χ4n) is 7.49. The molecule has 1 aliphatic rings. The van der Waals surface area contributed by atoms with Crippen LogP contribution in [0.25, 0.3) is 10.8 Å². The zero-order valence-electron chi connectivity index (χ0n) is 28.4. The van der Waals surface area contributed by atoms with Crippen LogP contribution >= 0.6 is 0 Å². The first kappa shape index (κ1) is 33.0. The molecule has 0 spiro atoms. The first-order valence-corrected chi connectivity index (χ1v) is 17.3. The number of aromatic nitrogens is 2. The molecule has 0 bridgehead atoms. The summed E-state index contributed by atoms with van der Waals surface area (Å²) in [6.45, 7) is 1.95. The maximum atomic E-state index is 13.9. The Bertz CT molecular complexity index is 1940. The fraction of sp³-hybridized carbons (Fsp3) is 0.233. The highest BCUT2D eigenvalue weighted by atomic mass is 16.5. The Hall–Kier alpha value is -5.53. The van der Waals surface area contributed by atoms with Gasteiger partial charge in [-0.15, -0.1) is 0 Å². The second kappa shape index (κ2) is 14.9. The average molecular weight is 663 g/mol. The number of rotatable bonds is 11. The lowest BCUT2D eigenvalue weighted by molar-refractivity contribution is -0.136. The van der Waals surface area contributed by atoms with Crippen molar-refractivity contribution >= 4 is 22.6 Å². The molecular formula is C43H42N4O3. The number of amides is 2. The fourth-order valence-corrected chi connectivity index (χ4v) is 7.49. The predicted molar refractivity (Wildman–Crippen MR) is 197 cm³/mol. The first-order valence-electron chi connectivity index (χ1n) is 17.3. The van der Waals surface area contributed by atoms with Gasteiger partial charge in [-0.25, -0.2) is 4.98 Å². The standard InChI is InChI=1S/C43H42N4O3/c1-50-29-26-38-31-45(42(49)40-23-13-15-33-14-11-12-22-39(33)40)27-28-47(38)41(48)25-24-37-30-46(32-44-37)43(34-16-5-2-6-17-34,35-18-7-3-8-19-35)36-20-9-4-10-21-36/h2-23,30,32,38H,24-29,31H2,1H3/t38-/m0/s1. The molecule has 0 unspecified atom stereocenters. The van der Waals surface area contributed by atoms with Gasteiger partial charge in [-0.05, 0) is 46.4 Å². The van der Waals surface area contributed by atoms with Crippen LogP contribution < -0.4 is 0 Å². The SMILES string of the molecule is COCC[C@H]1CN(C(=O)c2cccc3ccccc23)CCN1C(=O)CCc1cn(C(c2ccccc2)(c2ccccc2)c2ccccc2)cn1. The number of carbonyl (C=O) groups excluding carboxylic acids is 2. The van der Waals surface area contributed by atoms with Crippen LogP contribution in [0.5, 0.6) is 0 Å². The maximum absolute atomic E-state index is 13.9. The van der Waals surface area contributed by atoms with Gasteiger partial charge in [-0.1, -0.05) is 127 Å². The first-order chi connectivity index (χ1) is 24.6. The summed E-state index contributed by atoms with van der Waals surface area (Å²) in [6.07, 6.45) is 5.47. The number of benzene rings is 5. The van der Waals surface area contributed by atoms with E-state index in [1.54, 1.807) is 7.11 Å². The van der Waals surface area contributed by atoms with Crippen molar-refractivity contribution < 1.29 is 14.3 Å². The molecule has 7 heteroatoms. The van der Waals surface area contributed by atoms with E-state index in [0.29, 0.717) is 51.1 Å². The maximum Gasteiger partial charge on any atom is 0.254 e. The van der Waals surface area contributed by atoms with Gasteiger partial charge in [-0.2, -0.15) is 0 Å². The Morgan fingerprint density at radius 1 is 0.760 bits per heavy atom. The second-order valence-corrected chi connectivity index (χ2v) is 12.9. The van der Waals surface area contributed by atoms with E-state index in [4.69, 9.17) is 9.72 Å². The highest BCUT2D eigenvalue weighted by molar-refractivity contribution is 6.07. The summed E-state index contributed by atoms with van der Waals surface area (Å²) in [5.74, 6) is 0.0685. The van der Waals surface area contributed by atoms with E-state index in [1.165, 1.54) is 0 Å². The van der Waals surface area contributed by atoms with Crippen LogP contribution in [0.4, 0.5) is 0 Å². The minimum Gasteiger partial charge on any atom is -0.385 e. The lowest BCUT2D eigenvalue weighted by atomic mass is 9.77. The van der Waals surface area contributed by atoms with Gasteiger partial charge in [0.1, 0.15) is 5.54 Å². The van der Waals surface area contributed by atoms with E-state index in [1.807, 2.05) is 76.8 Å². The summed E-state index contributed by atoms with van der Waals surface area (Å²) in [7, 11) is 1.67. The van der Waals surface area contributed by atoms with E-state index >= 15 is 0 Å². The molecule has 1 aliphatic heterocycles. The summed E-state index contributed by atoms with van der Waals surface area (Å²) >= 11 is 0. The Morgan fingerprint density at radius 2 is 1.36 bits per heavy atom. The highest BCUT2D eigenvalue weighted by Crippen LogP contribution is 2.40. The van der Waals surface area contributed by atoms with E-state index in [-0.39, 0.29) is 17.9 Å². The molecule has 1 aromatic heterocycles. The molecular weight excluding hydrogens is 620 g/mol. The minimum absolute atomic E-state index is 0.000544. The third-order valence-electron chi connectivity index (χ3n) is 9.96. The van der Waals surface area contributed by atoms with Crippen LogP contribution in [-0.2, 0) is 21.5 Å². The number of fused-ring (bicyclic) bond motifs is 1. The van der Waals surface area contributed by atoms with Gasteiger partial charge in [0, 0.05) is 51.5 Å². The molecule has 252 valence electrons. The van der Waals surface area contributed by atoms with Gasteiger partial charge in [0.05, 0.1) is 18.1 Å². The van der Waals surface area contributed by atoms with Gasteiger partial charge >= 0.3 is 0 Å². The Morgan fingerprint density at radius 3 is 2.00 bits per heavy atom. The molecule has 50 heavy (non-hydrogen) atoms. The van der Waals surface area contributed by atoms with E-state index in [9.17, 15) is 9.59 Å². The Kier molecular flexibility index (Phi) is 9.85. The Labute approximate surface area is 293 Å². The number of nitrogens with zero attached hydrogens (tertiary/aromatic N) is 4. The van der Waals surface area contributed by atoms with Gasteiger partial charge in [0.2, 0.25) is 5.91 Å². The van der Waals surface area contributed by atoms with E-state index in [0.717, 1.165) is 33.2 Å². The van der Waals surface area contributed by atoms with Crippen LogP contribution in [0.1, 0.15) is 45.6 Å². The number of aryl methyl sites for hydroxylation is 1. The van der Waals surface area contributed by atoms with Gasteiger partial charge in [-0.3, -0.25) is 9.59 Å². The van der Waals surface area contributed by atoms with E-state index < -0.39 is 5.54 Å². The lowest BCUT2D eigenvalue weighted by Crippen LogP contribution is -2.56. The van der Waals surface area contributed by atoms with Crippen molar-refractivity contribution in [2.45, 2.75) is 30.8 Å². The van der Waals surface area contributed by atoms with Crippen molar-refractivity contribution in [1.82, 2.24) is 19.4 Å². The molecule has 7 nitrogen and oxygen atoms in total. The number of methoxy groups -OCH3 is 1. The second-order valence-electron chi connectivity index (χ2n) is 12.9. The smallest absolute Gasteiger partial charge is 0.254 e. The molecule has 6 aromatic rings. The predicted octanol–water partition coefficient (Wildman–Crippen LogP) is 7.20.